The minimum Gasteiger partial charge on any atom is -0.429 e. The molecule has 0 N–H and O–H groups in total. The molecule has 0 bridgehead atoms. The second kappa shape index (κ2) is 6.05. The van der Waals surface area contributed by atoms with Crippen LogP contribution in [-0.4, -0.2) is 17.4 Å². The molecule has 1 rings (SSSR count). The maximum absolute atomic E-state index is 10.8. The van der Waals surface area contributed by atoms with Crippen molar-refractivity contribution in [2.24, 2.45) is 0 Å². The van der Waals surface area contributed by atoms with Crippen molar-refractivity contribution < 1.29 is 29.0 Å². The zero-order valence-electron chi connectivity index (χ0n) is 8.40. The first-order valence-corrected chi connectivity index (χ1v) is 4.33. The van der Waals surface area contributed by atoms with Gasteiger partial charge in [-0.3, -0.25) is 0 Å². The summed E-state index contributed by atoms with van der Waals surface area (Å²) in [5, 5.41) is 8.30. The molecule has 8 nitrogen and oxygen atoms in total. The third-order valence-corrected chi connectivity index (χ3v) is 1.52. The summed E-state index contributed by atoms with van der Waals surface area (Å²) in [6.07, 6.45) is -3.13. The molecule has 1 aromatic carbocycles. The van der Waals surface area contributed by atoms with E-state index in [2.05, 4.69) is 14.3 Å². The number of rotatable bonds is 3. The molecule has 8 heteroatoms. The van der Waals surface area contributed by atoms with Gasteiger partial charge >= 0.3 is 17.4 Å². The highest BCUT2D eigenvalue weighted by Gasteiger charge is 2.15. The molecule has 0 saturated carbocycles. The molecule has 0 amide bonds. The molecule has 17 heavy (non-hydrogen) atoms. The summed E-state index contributed by atoms with van der Waals surface area (Å²) in [7, 11) is 0. The van der Waals surface area contributed by atoms with Crippen LogP contribution < -0.4 is 0 Å². The van der Waals surface area contributed by atoms with Gasteiger partial charge in [0.15, 0.2) is 0 Å². The Morgan fingerprint density at radius 1 is 1.18 bits per heavy atom. The average Bonchev–Trinajstić information content (AvgIpc) is 2.26. The van der Waals surface area contributed by atoms with Gasteiger partial charge in [-0.1, -0.05) is 30.3 Å². The molecule has 0 aliphatic heterocycles. The average molecular weight is 241 g/mol. The molecule has 0 aliphatic carbocycles. The molecule has 0 unspecified atom stereocenters. The van der Waals surface area contributed by atoms with Gasteiger partial charge < -0.3 is 9.47 Å². The van der Waals surface area contributed by atoms with Crippen molar-refractivity contribution in [3.63, 3.8) is 0 Å². The maximum atomic E-state index is 10.8. The molecule has 0 aliphatic rings. The molecule has 0 radical (unpaired) electrons. The summed E-state index contributed by atoms with van der Waals surface area (Å²) in [5.41, 5.74) is 0.673. The summed E-state index contributed by atoms with van der Waals surface area (Å²) in [4.78, 5) is 34.4. The van der Waals surface area contributed by atoms with Crippen LogP contribution in [-0.2, 0) is 20.9 Å². The molecule has 0 atom stereocenters. The third kappa shape index (κ3) is 5.11. The van der Waals surface area contributed by atoms with E-state index in [1.165, 1.54) is 0 Å². The Kier molecular flexibility index (Phi) is 4.43. The zero-order chi connectivity index (χ0) is 12.7. The van der Waals surface area contributed by atoms with Crippen LogP contribution in [0.1, 0.15) is 5.56 Å². The molecule has 90 valence electrons. The highest BCUT2D eigenvalue weighted by molar-refractivity contribution is 5.76. The van der Waals surface area contributed by atoms with Gasteiger partial charge in [0.25, 0.3) is 0 Å². The van der Waals surface area contributed by atoms with E-state index < -0.39 is 17.4 Å². The standard InChI is InChI=1S/C9H7NO7/c11-8(16-9(12)17-10(13)14)15-6-7-4-2-1-3-5-7/h1-5H,6H2. The van der Waals surface area contributed by atoms with Crippen molar-refractivity contribution in [2.45, 2.75) is 6.61 Å². The summed E-state index contributed by atoms with van der Waals surface area (Å²) in [6, 6.07) is 8.59. The molecule has 0 fully saturated rings. The van der Waals surface area contributed by atoms with Gasteiger partial charge in [0, 0.05) is 0 Å². The van der Waals surface area contributed by atoms with Crippen LogP contribution in [0.4, 0.5) is 9.59 Å². The quantitative estimate of drug-likeness (QED) is 0.343. The zero-order valence-corrected chi connectivity index (χ0v) is 8.40. The van der Waals surface area contributed by atoms with Crippen molar-refractivity contribution in [3.05, 3.63) is 46.0 Å². The van der Waals surface area contributed by atoms with Gasteiger partial charge in [-0.15, -0.1) is 10.1 Å². The first-order chi connectivity index (χ1) is 8.08. The summed E-state index contributed by atoms with van der Waals surface area (Å²) in [6.45, 7) is -0.120. The lowest BCUT2D eigenvalue weighted by atomic mass is 10.2. The van der Waals surface area contributed by atoms with E-state index in [0.717, 1.165) is 0 Å². The Hall–Kier alpha value is -2.64. The van der Waals surface area contributed by atoms with Gasteiger partial charge in [0.05, 0.1) is 0 Å². The second-order valence-corrected chi connectivity index (χ2v) is 2.69. The van der Waals surface area contributed by atoms with Crippen LogP contribution in [0.2, 0.25) is 0 Å². The van der Waals surface area contributed by atoms with Crippen LogP contribution in [0.5, 0.6) is 0 Å². The van der Waals surface area contributed by atoms with Crippen molar-refractivity contribution in [1.82, 2.24) is 0 Å². The SMILES string of the molecule is O=C(OCc1ccccc1)OC(=O)O[N+](=O)[O-]. The van der Waals surface area contributed by atoms with E-state index in [1.807, 2.05) is 0 Å². The first kappa shape index (κ1) is 12.4. The molecule has 0 saturated heterocycles. The predicted octanol–water partition coefficient (Wildman–Crippen LogP) is 1.67. The van der Waals surface area contributed by atoms with E-state index in [9.17, 15) is 19.7 Å². The summed E-state index contributed by atoms with van der Waals surface area (Å²) < 4.78 is 8.31. The fourth-order valence-electron chi connectivity index (χ4n) is 0.893. The lowest BCUT2D eigenvalue weighted by molar-refractivity contribution is -0.730. The summed E-state index contributed by atoms with van der Waals surface area (Å²) >= 11 is 0. The van der Waals surface area contributed by atoms with Gasteiger partial charge in [0.2, 0.25) is 0 Å². The van der Waals surface area contributed by atoms with Gasteiger partial charge in [-0.05, 0) is 5.56 Å². The number of benzene rings is 1. The minimum absolute atomic E-state index is 0.120. The van der Waals surface area contributed by atoms with E-state index in [-0.39, 0.29) is 6.61 Å². The van der Waals surface area contributed by atoms with Gasteiger partial charge in [-0.25, -0.2) is 9.59 Å². The van der Waals surface area contributed by atoms with Crippen LogP contribution in [0.25, 0.3) is 0 Å². The highest BCUT2D eigenvalue weighted by Crippen LogP contribution is 2.02. The molecular weight excluding hydrogens is 234 g/mol. The Morgan fingerprint density at radius 3 is 2.41 bits per heavy atom. The summed E-state index contributed by atoms with van der Waals surface area (Å²) in [5.74, 6) is 0. The Morgan fingerprint density at radius 2 is 1.82 bits per heavy atom. The van der Waals surface area contributed by atoms with E-state index in [1.54, 1.807) is 30.3 Å². The number of hydrogen-bond donors (Lipinski definition) is 0. The van der Waals surface area contributed by atoms with Crippen LogP contribution >= 0.6 is 0 Å². The van der Waals surface area contributed by atoms with Crippen molar-refractivity contribution in [2.75, 3.05) is 0 Å². The normalized spacial score (nSPS) is 9.18. The van der Waals surface area contributed by atoms with E-state index in [0.29, 0.717) is 5.56 Å². The Labute approximate surface area is 94.8 Å². The molecule has 0 spiro atoms. The Balaban J connectivity index is 2.31. The molecular formula is C9H7NO7. The third-order valence-electron chi connectivity index (χ3n) is 1.52. The van der Waals surface area contributed by atoms with E-state index in [4.69, 9.17) is 0 Å². The maximum Gasteiger partial charge on any atom is 0.517 e. The second-order valence-electron chi connectivity index (χ2n) is 2.69. The van der Waals surface area contributed by atoms with Gasteiger partial charge in [0.1, 0.15) is 6.61 Å². The van der Waals surface area contributed by atoms with Crippen LogP contribution in [0.3, 0.4) is 0 Å². The lowest BCUT2D eigenvalue weighted by Crippen LogP contribution is -2.17. The van der Waals surface area contributed by atoms with Crippen LogP contribution in [0.15, 0.2) is 30.3 Å². The molecule has 1 aromatic rings. The van der Waals surface area contributed by atoms with Crippen molar-refractivity contribution in [1.29, 1.82) is 0 Å². The largest absolute Gasteiger partial charge is 0.517 e. The Bertz CT molecular complexity index is 417. The topological polar surface area (TPSA) is 105 Å². The number of ether oxygens (including phenoxy) is 2. The van der Waals surface area contributed by atoms with Crippen molar-refractivity contribution in [3.8, 4) is 0 Å². The molecule has 0 heterocycles. The van der Waals surface area contributed by atoms with Gasteiger partial charge in [-0.2, -0.15) is 4.84 Å². The smallest absolute Gasteiger partial charge is 0.429 e. The number of carbonyl (C=O) groups is 2. The number of nitrogens with zero attached hydrogens (tertiary/aromatic N) is 1. The van der Waals surface area contributed by atoms with E-state index >= 15 is 0 Å². The van der Waals surface area contributed by atoms with Crippen LogP contribution in [0, 0.1) is 10.1 Å². The first-order valence-electron chi connectivity index (χ1n) is 4.33. The minimum atomic E-state index is -1.76. The number of hydrogen-bond acceptors (Lipinski definition) is 7. The fraction of sp³-hybridized carbons (Fsp3) is 0.111. The number of carbonyl (C=O) groups excluding carboxylic acids is 2. The lowest BCUT2D eigenvalue weighted by Gasteiger charge is -2.03. The molecule has 0 aromatic heterocycles. The highest BCUT2D eigenvalue weighted by atomic mass is 17.0. The predicted molar refractivity (Wildman–Crippen MR) is 51.2 cm³/mol. The van der Waals surface area contributed by atoms with Crippen molar-refractivity contribution >= 4 is 12.3 Å². The monoisotopic (exact) mass is 241 g/mol. The fourth-order valence-corrected chi connectivity index (χ4v) is 0.893.